The molecule has 2 heterocycles. The number of aryl methyl sites for hydroxylation is 1. The van der Waals surface area contributed by atoms with Gasteiger partial charge in [-0.2, -0.15) is 0 Å². The maximum Gasteiger partial charge on any atom is 0.243 e. The monoisotopic (exact) mass is 313 g/mol. The lowest BCUT2D eigenvalue weighted by molar-refractivity contribution is -0.138. The zero-order chi connectivity index (χ0) is 16.0. The Morgan fingerprint density at radius 3 is 2.74 bits per heavy atom. The van der Waals surface area contributed by atoms with Crippen molar-refractivity contribution < 1.29 is 4.79 Å². The highest BCUT2D eigenvalue weighted by molar-refractivity contribution is 5.87. The first-order chi connectivity index (χ1) is 11.1. The lowest BCUT2D eigenvalue weighted by Crippen LogP contribution is -2.54. The number of benzene rings is 1. The van der Waals surface area contributed by atoms with Crippen LogP contribution in [0.15, 0.2) is 24.3 Å². The Hall–Kier alpha value is -1.39. The molecule has 1 saturated carbocycles. The average Bonchev–Trinajstić information content (AvgIpc) is 3.23. The van der Waals surface area contributed by atoms with Crippen molar-refractivity contribution in [1.82, 2.24) is 10.2 Å². The van der Waals surface area contributed by atoms with E-state index < -0.39 is 5.54 Å². The van der Waals surface area contributed by atoms with E-state index in [0.29, 0.717) is 11.8 Å². The molecule has 0 spiro atoms. The normalized spacial score (nSPS) is 32.3. The Labute approximate surface area is 138 Å². The van der Waals surface area contributed by atoms with Gasteiger partial charge in [0.25, 0.3) is 0 Å². The van der Waals surface area contributed by atoms with Crippen molar-refractivity contribution in [2.45, 2.75) is 44.2 Å². The summed E-state index contributed by atoms with van der Waals surface area (Å²) in [5, 5.41) is 3.51. The maximum atomic E-state index is 13.3. The molecule has 4 heteroatoms. The zero-order valence-corrected chi connectivity index (χ0v) is 13.9. The van der Waals surface area contributed by atoms with Crippen LogP contribution in [0, 0.1) is 18.8 Å². The molecule has 23 heavy (non-hydrogen) atoms. The Balaban J connectivity index is 1.70. The third-order valence-corrected chi connectivity index (χ3v) is 6.25. The van der Waals surface area contributed by atoms with Gasteiger partial charge < -0.3 is 16.0 Å². The molecule has 0 bridgehead atoms. The minimum Gasteiger partial charge on any atom is -0.333 e. The summed E-state index contributed by atoms with van der Waals surface area (Å²) in [6, 6.07) is 8.70. The summed E-state index contributed by atoms with van der Waals surface area (Å²) < 4.78 is 0. The third-order valence-electron chi connectivity index (χ3n) is 6.25. The molecule has 3 N–H and O–H groups in total. The molecule has 124 valence electrons. The van der Waals surface area contributed by atoms with Crippen LogP contribution in [0.1, 0.15) is 42.9 Å². The summed E-state index contributed by atoms with van der Waals surface area (Å²) in [5.41, 5.74) is 8.47. The molecular formula is C19H27N3O. The van der Waals surface area contributed by atoms with Gasteiger partial charge in [0.05, 0.1) is 11.6 Å². The maximum absolute atomic E-state index is 13.3. The van der Waals surface area contributed by atoms with E-state index in [0.717, 1.165) is 45.3 Å². The van der Waals surface area contributed by atoms with Crippen LogP contribution in [0.4, 0.5) is 0 Å². The number of amides is 1. The van der Waals surface area contributed by atoms with Crippen LogP contribution in [0.2, 0.25) is 0 Å². The van der Waals surface area contributed by atoms with Crippen LogP contribution >= 0.6 is 0 Å². The molecule has 3 fully saturated rings. The molecule has 1 amide bonds. The molecule has 0 unspecified atom stereocenters. The summed E-state index contributed by atoms with van der Waals surface area (Å²) in [6.07, 6.45) is 3.85. The van der Waals surface area contributed by atoms with Crippen molar-refractivity contribution in [2.24, 2.45) is 17.6 Å². The summed E-state index contributed by atoms with van der Waals surface area (Å²) in [6.45, 7) is 5.04. The molecule has 1 aromatic carbocycles. The Kier molecular flexibility index (Phi) is 3.69. The molecule has 0 radical (unpaired) electrons. The average molecular weight is 313 g/mol. The van der Waals surface area contributed by atoms with Crippen LogP contribution in [0.5, 0.6) is 0 Å². The van der Waals surface area contributed by atoms with Crippen molar-refractivity contribution in [3.63, 3.8) is 0 Å². The van der Waals surface area contributed by atoms with E-state index in [1.165, 1.54) is 11.1 Å². The van der Waals surface area contributed by atoms with E-state index in [9.17, 15) is 4.79 Å². The van der Waals surface area contributed by atoms with Crippen LogP contribution in [-0.4, -0.2) is 36.0 Å². The Morgan fingerprint density at radius 1 is 1.26 bits per heavy atom. The number of rotatable bonds is 2. The summed E-state index contributed by atoms with van der Waals surface area (Å²) in [5.74, 6) is 1.27. The lowest BCUT2D eigenvalue weighted by Gasteiger charge is -2.35. The fourth-order valence-corrected chi connectivity index (χ4v) is 4.95. The predicted octanol–water partition coefficient (Wildman–Crippen LogP) is 1.99. The predicted molar refractivity (Wildman–Crippen MR) is 90.9 cm³/mol. The van der Waals surface area contributed by atoms with Gasteiger partial charge in [0, 0.05) is 25.6 Å². The van der Waals surface area contributed by atoms with Gasteiger partial charge in [-0.1, -0.05) is 37.1 Å². The van der Waals surface area contributed by atoms with Crippen molar-refractivity contribution >= 4 is 5.91 Å². The minimum atomic E-state index is -0.618. The second-order valence-corrected chi connectivity index (χ2v) is 7.70. The van der Waals surface area contributed by atoms with Crippen LogP contribution < -0.4 is 11.1 Å². The highest BCUT2D eigenvalue weighted by Crippen LogP contribution is 2.45. The minimum absolute atomic E-state index is 0.185. The highest BCUT2D eigenvalue weighted by atomic mass is 16.2. The van der Waals surface area contributed by atoms with Gasteiger partial charge in [-0.3, -0.25) is 4.79 Å². The summed E-state index contributed by atoms with van der Waals surface area (Å²) in [4.78, 5) is 15.4. The van der Waals surface area contributed by atoms with Gasteiger partial charge in [0.2, 0.25) is 5.91 Å². The molecule has 3 aliphatic rings. The SMILES string of the molecule is Cc1ccccc1[C@@H]1[C@H]2CNC[C@H]2CN1C(=O)C1(N)CCCC1. The van der Waals surface area contributed by atoms with Gasteiger partial charge in [-0.15, -0.1) is 0 Å². The third kappa shape index (κ3) is 2.39. The van der Waals surface area contributed by atoms with E-state index in [2.05, 4.69) is 41.4 Å². The summed E-state index contributed by atoms with van der Waals surface area (Å²) in [7, 11) is 0. The quantitative estimate of drug-likeness (QED) is 0.878. The topological polar surface area (TPSA) is 58.4 Å². The molecule has 3 atom stereocenters. The van der Waals surface area contributed by atoms with Crippen LogP contribution in [-0.2, 0) is 4.79 Å². The van der Waals surface area contributed by atoms with Crippen molar-refractivity contribution in [3.05, 3.63) is 35.4 Å². The van der Waals surface area contributed by atoms with Gasteiger partial charge in [-0.05, 0) is 36.8 Å². The van der Waals surface area contributed by atoms with E-state index in [1.54, 1.807) is 0 Å². The lowest BCUT2D eigenvalue weighted by atomic mass is 9.87. The standard InChI is InChI=1S/C19H27N3O/c1-13-6-2-3-7-15(13)17-16-11-21-10-14(16)12-22(17)18(23)19(20)8-4-5-9-19/h2-3,6-7,14,16-17,21H,4-5,8-12,20H2,1H3/t14-,16-,17+/m0/s1. The largest absolute Gasteiger partial charge is 0.333 e. The molecular weight excluding hydrogens is 286 g/mol. The molecule has 4 rings (SSSR count). The van der Waals surface area contributed by atoms with E-state index in [4.69, 9.17) is 5.73 Å². The first-order valence-corrected chi connectivity index (χ1v) is 8.96. The first kappa shape index (κ1) is 15.2. The second kappa shape index (κ2) is 5.60. The molecule has 0 aromatic heterocycles. The fraction of sp³-hybridized carbons (Fsp3) is 0.632. The second-order valence-electron chi connectivity index (χ2n) is 7.70. The van der Waals surface area contributed by atoms with Gasteiger partial charge in [-0.25, -0.2) is 0 Å². The number of nitrogens with one attached hydrogen (secondary N) is 1. The van der Waals surface area contributed by atoms with Crippen molar-refractivity contribution in [1.29, 1.82) is 0 Å². The summed E-state index contributed by atoms with van der Waals surface area (Å²) >= 11 is 0. The zero-order valence-electron chi connectivity index (χ0n) is 13.9. The number of carbonyl (C=O) groups excluding carboxylic acids is 1. The van der Waals surface area contributed by atoms with E-state index >= 15 is 0 Å². The number of hydrogen-bond acceptors (Lipinski definition) is 3. The Bertz CT molecular complexity index is 608. The van der Waals surface area contributed by atoms with E-state index in [-0.39, 0.29) is 11.9 Å². The highest BCUT2D eigenvalue weighted by Gasteiger charge is 2.51. The Morgan fingerprint density at radius 2 is 2.00 bits per heavy atom. The number of hydrogen-bond donors (Lipinski definition) is 2. The van der Waals surface area contributed by atoms with E-state index in [1.807, 2.05) is 0 Å². The number of fused-ring (bicyclic) bond motifs is 1. The van der Waals surface area contributed by atoms with Gasteiger partial charge in [0.1, 0.15) is 0 Å². The van der Waals surface area contributed by atoms with Gasteiger partial charge >= 0.3 is 0 Å². The van der Waals surface area contributed by atoms with Crippen LogP contribution in [0.25, 0.3) is 0 Å². The number of nitrogens with two attached hydrogens (primary N) is 1. The first-order valence-electron chi connectivity index (χ1n) is 8.96. The van der Waals surface area contributed by atoms with Gasteiger partial charge in [0.15, 0.2) is 0 Å². The molecule has 2 saturated heterocycles. The smallest absolute Gasteiger partial charge is 0.243 e. The van der Waals surface area contributed by atoms with Crippen LogP contribution in [0.3, 0.4) is 0 Å². The fourth-order valence-electron chi connectivity index (χ4n) is 4.95. The van der Waals surface area contributed by atoms with Crippen molar-refractivity contribution in [3.8, 4) is 0 Å². The number of likely N-dealkylation sites (tertiary alicyclic amines) is 1. The molecule has 1 aliphatic carbocycles. The molecule has 1 aromatic rings. The molecule has 2 aliphatic heterocycles. The molecule has 4 nitrogen and oxygen atoms in total. The number of nitrogens with zero attached hydrogens (tertiary/aromatic N) is 1. The van der Waals surface area contributed by atoms with Crippen molar-refractivity contribution in [2.75, 3.05) is 19.6 Å². The number of carbonyl (C=O) groups is 1.